The second-order valence-corrected chi connectivity index (χ2v) is 7.84. The summed E-state index contributed by atoms with van der Waals surface area (Å²) in [5.41, 5.74) is 2.69. The van der Waals surface area contributed by atoms with Crippen LogP contribution < -0.4 is 5.32 Å². The van der Waals surface area contributed by atoms with Crippen molar-refractivity contribution in [2.45, 2.75) is 13.5 Å². The van der Waals surface area contributed by atoms with Gasteiger partial charge in [0.1, 0.15) is 16.3 Å². The number of rotatable bonds is 6. The van der Waals surface area contributed by atoms with Crippen LogP contribution in [0.2, 0.25) is 0 Å². The zero-order chi connectivity index (χ0) is 22.7. The summed E-state index contributed by atoms with van der Waals surface area (Å²) in [7, 11) is 0. The summed E-state index contributed by atoms with van der Waals surface area (Å²) in [4.78, 5) is 33.3. The second kappa shape index (κ2) is 8.90. The maximum atomic E-state index is 12.2. The zero-order valence-corrected chi connectivity index (χ0v) is 17.6. The van der Waals surface area contributed by atoms with Crippen molar-refractivity contribution in [3.63, 3.8) is 0 Å². The van der Waals surface area contributed by atoms with Crippen molar-refractivity contribution in [3.8, 4) is 27.6 Å². The largest absolute Gasteiger partial charge is 0.507 e. The van der Waals surface area contributed by atoms with E-state index in [1.165, 1.54) is 29.7 Å². The van der Waals surface area contributed by atoms with E-state index in [1.54, 1.807) is 24.3 Å². The van der Waals surface area contributed by atoms with Crippen molar-refractivity contribution in [2.75, 3.05) is 0 Å². The molecule has 1 amide bonds. The predicted octanol–water partition coefficient (Wildman–Crippen LogP) is 3.30. The van der Waals surface area contributed by atoms with Crippen LogP contribution in [-0.2, 0) is 6.54 Å². The molecular formula is C22H17N5O4S. The first-order valence-electron chi connectivity index (χ1n) is 9.48. The molecular weight excluding hydrogens is 430 g/mol. The molecule has 3 heterocycles. The minimum absolute atomic E-state index is 0.170. The lowest BCUT2D eigenvalue weighted by atomic mass is 10.1. The van der Waals surface area contributed by atoms with Gasteiger partial charge in [-0.1, -0.05) is 12.1 Å². The standard InChI is InChI=1S/C22H17N5O4S/c1-12-20(32-19(25-12)11-23-21(29)17-6-3-9-24-27-17)16-5-2-4-15(26-16)13-7-8-14(22(30)31)18(28)10-13/h2-10,28H,11H2,1H3,(H,23,29)(H,30,31). The molecule has 3 N–H and O–H groups in total. The number of carbonyl (C=O) groups is 2. The third-order valence-corrected chi connectivity index (χ3v) is 5.73. The number of pyridine rings is 1. The normalized spacial score (nSPS) is 10.7. The lowest BCUT2D eigenvalue weighted by molar-refractivity contribution is 0.0693. The van der Waals surface area contributed by atoms with Crippen molar-refractivity contribution in [1.82, 2.24) is 25.5 Å². The van der Waals surface area contributed by atoms with Crippen molar-refractivity contribution in [1.29, 1.82) is 0 Å². The SMILES string of the molecule is Cc1nc(CNC(=O)c2cccnn2)sc1-c1cccc(-c2ccc(C(=O)O)c(O)c2)n1. The minimum Gasteiger partial charge on any atom is -0.507 e. The molecule has 0 aliphatic heterocycles. The third kappa shape index (κ3) is 4.44. The number of aromatic hydroxyl groups is 1. The Labute approximate surface area is 186 Å². The molecule has 160 valence electrons. The van der Waals surface area contributed by atoms with Gasteiger partial charge in [0.25, 0.3) is 5.91 Å². The molecule has 0 spiro atoms. The van der Waals surface area contributed by atoms with Gasteiger partial charge in [-0.2, -0.15) is 5.10 Å². The van der Waals surface area contributed by atoms with Crippen molar-refractivity contribution in [2.24, 2.45) is 0 Å². The molecule has 0 fully saturated rings. The van der Waals surface area contributed by atoms with Gasteiger partial charge in [0.15, 0.2) is 5.69 Å². The van der Waals surface area contributed by atoms with Gasteiger partial charge in [-0.15, -0.1) is 16.4 Å². The molecule has 4 aromatic rings. The summed E-state index contributed by atoms with van der Waals surface area (Å²) in [5, 5.41) is 30.0. The van der Waals surface area contributed by atoms with Crippen LogP contribution in [-0.4, -0.2) is 42.3 Å². The fourth-order valence-electron chi connectivity index (χ4n) is 3.03. The molecule has 0 unspecified atom stereocenters. The number of benzene rings is 1. The molecule has 0 aliphatic rings. The van der Waals surface area contributed by atoms with Crippen LogP contribution in [0.15, 0.2) is 54.7 Å². The number of hydrogen-bond acceptors (Lipinski definition) is 8. The Bertz CT molecular complexity index is 1310. The minimum atomic E-state index is -1.20. The van der Waals surface area contributed by atoms with E-state index >= 15 is 0 Å². The highest BCUT2D eigenvalue weighted by atomic mass is 32.1. The fraction of sp³-hybridized carbons (Fsp3) is 0.0909. The van der Waals surface area contributed by atoms with Gasteiger partial charge in [-0.05, 0) is 43.3 Å². The van der Waals surface area contributed by atoms with E-state index in [4.69, 9.17) is 5.11 Å². The number of thiazole rings is 1. The molecule has 0 aliphatic carbocycles. The number of phenols is 1. The zero-order valence-electron chi connectivity index (χ0n) is 16.8. The number of carbonyl (C=O) groups excluding carboxylic acids is 1. The Morgan fingerprint density at radius 3 is 2.59 bits per heavy atom. The molecule has 0 saturated heterocycles. The summed E-state index contributed by atoms with van der Waals surface area (Å²) >= 11 is 1.41. The molecule has 1 aromatic carbocycles. The van der Waals surface area contributed by atoms with Crippen LogP contribution in [0.1, 0.15) is 31.5 Å². The number of carboxylic acids is 1. The molecule has 9 nitrogen and oxygen atoms in total. The smallest absolute Gasteiger partial charge is 0.339 e. The fourth-order valence-corrected chi connectivity index (χ4v) is 4.00. The monoisotopic (exact) mass is 447 g/mol. The van der Waals surface area contributed by atoms with Crippen LogP contribution in [0.5, 0.6) is 5.75 Å². The number of hydrogen-bond donors (Lipinski definition) is 3. The van der Waals surface area contributed by atoms with Gasteiger partial charge in [0, 0.05) is 11.8 Å². The maximum absolute atomic E-state index is 12.2. The summed E-state index contributed by atoms with van der Waals surface area (Å²) in [5.74, 6) is -1.86. The van der Waals surface area contributed by atoms with Crippen LogP contribution in [0.3, 0.4) is 0 Å². The van der Waals surface area contributed by atoms with Crippen molar-refractivity contribution in [3.05, 3.63) is 76.7 Å². The summed E-state index contributed by atoms with van der Waals surface area (Å²) in [6, 6.07) is 13.0. The summed E-state index contributed by atoms with van der Waals surface area (Å²) in [6.07, 6.45) is 1.50. The molecule has 0 saturated carbocycles. The van der Waals surface area contributed by atoms with Gasteiger partial charge in [-0.25, -0.2) is 14.8 Å². The highest BCUT2D eigenvalue weighted by Crippen LogP contribution is 2.31. The first-order valence-corrected chi connectivity index (χ1v) is 10.3. The lowest BCUT2D eigenvalue weighted by Crippen LogP contribution is -2.23. The number of aromatic carboxylic acids is 1. The van der Waals surface area contributed by atoms with Crippen LogP contribution in [0.4, 0.5) is 0 Å². The molecule has 0 bridgehead atoms. The average molecular weight is 447 g/mol. The Morgan fingerprint density at radius 2 is 1.88 bits per heavy atom. The molecule has 4 rings (SSSR count). The topological polar surface area (TPSA) is 138 Å². The highest BCUT2D eigenvalue weighted by Gasteiger charge is 2.15. The average Bonchev–Trinajstić information content (AvgIpc) is 3.18. The summed E-state index contributed by atoms with van der Waals surface area (Å²) < 4.78 is 0. The maximum Gasteiger partial charge on any atom is 0.339 e. The number of nitrogens with zero attached hydrogens (tertiary/aromatic N) is 4. The van der Waals surface area contributed by atoms with E-state index in [2.05, 4.69) is 25.5 Å². The van der Waals surface area contributed by atoms with E-state index in [1.807, 2.05) is 19.1 Å². The van der Waals surface area contributed by atoms with Gasteiger partial charge in [0.05, 0.1) is 28.5 Å². The second-order valence-electron chi connectivity index (χ2n) is 6.76. The quantitative estimate of drug-likeness (QED) is 0.409. The Kier molecular flexibility index (Phi) is 5.86. The Morgan fingerprint density at radius 1 is 1.06 bits per heavy atom. The molecule has 32 heavy (non-hydrogen) atoms. The number of aromatic nitrogens is 4. The molecule has 0 atom stereocenters. The Hall–Kier alpha value is -4.18. The number of amides is 1. The van der Waals surface area contributed by atoms with Crippen molar-refractivity contribution >= 4 is 23.2 Å². The van der Waals surface area contributed by atoms with Crippen LogP contribution in [0, 0.1) is 6.92 Å². The van der Waals surface area contributed by atoms with E-state index in [0.29, 0.717) is 22.0 Å². The first kappa shape index (κ1) is 21.1. The van der Waals surface area contributed by atoms with E-state index in [0.717, 1.165) is 10.6 Å². The van der Waals surface area contributed by atoms with E-state index in [9.17, 15) is 14.7 Å². The van der Waals surface area contributed by atoms with Crippen molar-refractivity contribution < 1.29 is 19.8 Å². The lowest BCUT2D eigenvalue weighted by Gasteiger charge is -2.06. The molecule has 3 aromatic heterocycles. The number of carboxylic acid groups (broad SMARTS) is 1. The first-order chi connectivity index (χ1) is 15.4. The van der Waals surface area contributed by atoms with Crippen LogP contribution in [0.25, 0.3) is 21.8 Å². The van der Waals surface area contributed by atoms with Crippen LogP contribution >= 0.6 is 11.3 Å². The molecule has 0 radical (unpaired) electrons. The number of nitrogens with one attached hydrogen (secondary N) is 1. The third-order valence-electron chi connectivity index (χ3n) is 4.55. The van der Waals surface area contributed by atoms with E-state index < -0.39 is 5.97 Å². The van der Waals surface area contributed by atoms with Gasteiger partial charge < -0.3 is 15.5 Å². The number of aryl methyl sites for hydroxylation is 1. The highest BCUT2D eigenvalue weighted by molar-refractivity contribution is 7.15. The van der Waals surface area contributed by atoms with Gasteiger partial charge >= 0.3 is 5.97 Å². The van der Waals surface area contributed by atoms with Gasteiger partial charge in [-0.3, -0.25) is 4.79 Å². The van der Waals surface area contributed by atoms with E-state index in [-0.39, 0.29) is 29.5 Å². The predicted molar refractivity (Wildman–Crippen MR) is 117 cm³/mol. The molecule has 10 heteroatoms. The summed E-state index contributed by atoms with van der Waals surface area (Å²) in [6.45, 7) is 2.10. The Balaban J connectivity index is 1.55. The van der Waals surface area contributed by atoms with Gasteiger partial charge in [0.2, 0.25) is 0 Å².